The number of halogens is 1. The Morgan fingerprint density at radius 1 is 1.38 bits per heavy atom. The molecule has 0 unspecified atom stereocenters. The van der Waals surface area contributed by atoms with E-state index in [1.165, 1.54) is 25.1 Å². The number of hydrogen-bond acceptors (Lipinski definition) is 5. The molecule has 1 aliphatic heterocycles. The zero-order chi connectivity index (χ0) is 14.8. The molecule has 1 aliphatic carbocycles. The number of hydrogen-bond donors (Lipinski definition) is 2. The zero-order valence-corrected chi connectivity index (χ0v) is 11.9. The standard InChI is InChI=1S/C14H20FN5O/c15-12-11(3-4-17-13(12)18-16)14(21)20-7-5-19(6-8-20)9-10-1-2-10/h3-4,10H,1-2,5-9,16H2,(H,17,18). The molecule has 0 bridgehead atoms. The molecule has 7 heteroatoms. The number of anilines is 1. The number of piperazine rings is 1. The van der Waals surface area contributed by atoms with Crippen molar-refractivity contribution < 1.29 is 9.18 Å². The largest absolute Gasteiger partial charge is 0.336 e. The minimum Gasteiger partial charge on any atom is -0.336 e. The summed E-state index contributed by atoms with van der Waals surface area (Å²) in [5, 5.41) is 0. The van der Waals surface area contributed by atoms with Gasteiger partial charge in [-0.3, -0.25) is 9.69 Å². The van der Waals surface area contributed by atoms with E-state index in [0.717, 1.165) is 25.6 Å². The molecule has 6 nitrogen and oxygen atoms in total. The van der Waals surface area contributed by atoms with Crippen molar-refractivity contribution >= 4 is 11.7 Å². The van der Waals surface area contributed by atoms with Crippen LogP contribution in [0.15, 0.2) is 12.3 Å². The van der Waals surface area contributed by atoms with Gasteiger partial charge >= 0.3 is 0 Å². The van der Waals surface area contributed by atoms with Gasteiger partial charge in [0.2, 0.25) is 0 Å². The summed E-state index contributed by atoms with van der Waals surface area (Å²) in [6, 6.07) is 1.40. The molecule has 1 saturated heterocycles. The third kappa shape index (κ3) is 3.14. The van der Waals surface area contributed by atoms with Gasteiger partial charge < -0.3 is 10.3 Å². The second-order valence-corrected chi connectivity index (χ2v) is 5.70. The van der Waals surface area contributed by atoms with Crippen molar-refractivity contribution in [1.29, 1.82) is 0 Å². The van der Waals surface area contributed by atoms with Gasteiger partial charge in [0.25, 0.3) is 5.91 Å². The fourth-order valence-corrected chi connectivity index (χ4v) is 2.68. The molecule has 0 spiro atoms. The number of nitrogens with zero attached hydrogens (tertiary/aromatic N) is 3. The smallest absolute Gasteiger partial charge is 0.257 e. The van der Waals surface area contributed by atoms with Crippen LogP contribution in [0.2, 0.25) is 0 Å². The molecule has 0 aromatic carbocycles. The molecule has 0 atom stereocenters. The third-order valence-corrected chi connectivity index (χ3v) is 4.13. The summed E-state index contributed by atoms with van der Waals surface area (Å²) in [6.07, 6.45) is 4.04. The Kier molecular flexibility index (Phi) is 4.03. The predicted molar refractivity (Wildman–Crippen MR) is 77.1 cm³/mol. The molecule has 21 heavy (non-hydrogen) atoms. The van der Waals surface area contributed by atoms with E-state index >= 15 is 0 Å². The van der Waals surface area contributed by atoms with Crippen molar-refractivity contribution in [2.75, 3.05) is 38.1 Å². The summed E-state index contributed by atoms with van der Waals surface area (Å²) in [4.78, 5) is 20.2. The molecule has 3 rings (SSSR count). The van der Waals surface area contributed by atoms with Crippen molar-refractivity contribution in [2.24, 2.45) is 11.8 Å². The Bertz CT molecular complexity index is 526. The average molecular weight is 293 g/mol. The van der Waals surface area contributed by atoms with E-state index < -0.39 is 5.82 Å². The lowest BCUT2D eigenvalue weighted by Crippen LogP contribution is -2.49. The van der Waals surface area contributed by atoms with Crippen LogP contribution < -0.4 is 11.3 Å². The molecule has 1 saturated carbocycles. The summed E-state index contributed by atoms with van der Waals surface area (Å²) >= 11 is 0. The van der Waals surface area contributed by atoms with Crippen molar-refractivity contribution in [1.82, 2.24) is 14.8 Å². The molecular weight excluding hydrogens is 273 g/mol. The average Bonchev–Trinajstić information content (AvgIpc) is 3.32. The van der Waals surface area contributed by atoms with Crippen LogP contribution in [0.3, 0.4) is 0 Å². The lowest BCUT2D eigenvalue weighted by molar-refractivity contribution is 0.0627. The van der Waals surface area contributed by atoms with Crippen LogP contribution in [0.5, 0.6) is 0 Å². The quantitative estimate of drug-likeness (QED) is 0.630. The minimum absolute atomic E-state index is 0.0218. The number of nitrogen functional groups attached to an aromatic ring is 1. The summed E-state index contributed by atoms with van der Waals surface area (Å²) < 4.78 is 14.1. The molecule has 2 fully saturated rings. The van der Waals surface area contributed by atoms with Crippen LogP contribution >= 0.6 is 0 Å². The van der Waals surface area contributed by atoms with E-state index in [0.29, 0.717) is 13.1 Å². The van der Waals surface area contributed by atoms with Gasteiger partial charge in [0.05, 0.1) is 5.56 Å². The van der Waals surface area contributed by atoms with Crippen LogP contribution in [0, 0.1) is 11.7 Å². The van der Waals surface area contributed by atoms with E-state index in [4.69, 9.17) is 5.84 Å². The van der Waals surface area contributed by atoms with E-state index in [1.807, 2.05) is 0 Å². The van der Waals surface area contributed by atoms with Gasteiger partial charge in [-0.25, -0.2) is 15.2 Å². The number of rotatable bonds is 4. The maximum atomic E-state index is 14.1. The second kappa shape index (κ2) is 5.95. The fourth-order valence-electron chi connectivity index (χ4n) is 2.68. The Balaban J connectivity index is 1.63. The van der Waals surface area contributed by atoms with Gasteiger partial charge in [0.1, 0.15) is 0 Å². The number of nitrogens with two attached hydrogens (primary N) is 1. The van der Waals surface area contributed by atoms with Crippen molar-refractivity contribution in [3.8, 4) is 0 Å². The van der Waals surface area contributed by atoms with Gasteiger partial charge in [-0.1, -0.05) is 0 Å². The SMILES string of the molecule is NNc1nccc(C(=O)N2CCN(CC3CC3)CC2)c1F. The molecular formula is C14H20FN5O. The van der Waals surface area contributed by atoms with Crippen LogP contribution in [0.4, 0.5) is 10.2 Å². The van der Waals surface area contributed by atoms with E-state index in [9.17, 15) is 9.18 Å². The Morgan fingerprint density at radius 3 is 2.71 bits per heavy atom. The number of pyridine rings is 1. The van der Waals surface area contributed by atoms with Crippen molar-refractivity contribution in [3.63, 3.8) is 0 Å². The van der Waals surface area contributed by atoms with Crippen molar-refractivity contribution in [3.05, 3.63) is 23.6 Å². The van der Waals surface area contributed by atoms with E-state index in [1.54, 1.807) is 4.90 Å². The highest BCUT2D eigenvalue weighted by Gasteiger charge is 2.29. The predicted octanol–water partition coefficient (Wildman–Crippen LogP) is 0.674. The van der Waals surface area contributed by atoms with Crippen molar-refractivity contribution in [2.45, 2.75) is 12.8 Å². The molecule has 1 aromatic rings. The van der Waals surface area contributed by atoms with Crippen LogP contribution in [-0.2, 0) is 0 Å². The molecule has 1 aromatic heterocycles. The number of carbonyl (C=O) groups excluding carboxylic acids is 1. The Labute approximate surface area is 123 Å². The highest BCUT2D eigenvalue weighted by Crippen LogP contribution is 2.30. The normalized spacial score (nSPS) is 19.6. The van der Waals surface area contributed by atoms with Gasteiger partial charge in [-0.15, -0.1) is 0 Å². The summed E-state index contributed by atoms with van der Waals surface area (Å²) in [6.45, 7) is 4.12. The van der Waals surface area contributed by atoms with Crippen LogP contribution in [-0.4, -0.2) is 53.4 Å². The highest BCUT2D eigenvalue weighted by molar-refractivity contribution is 5.95. The highest BCUT2D eigenvalue weighted by atomic mass is 19.1. The first-order valence-electron chi connectivity index (χ1n) is 7.32. The Hall–Kier alpha value is -1.73. The molecule has 0 radical (unpaired) electrons. The first-order chi connectivity index (χ1) is 10.2. The third-order valence-electron chi connectivity index (χ3n) is 4.13. The number of amides is 1. The number of aromatic nitrogens is 1. The zero-order valence-electron chi connectivity index (χ0n) is 11.9. The Morgan fingerprint density at radius 2 is 2.10 bits per heavy atom. The lowest BCUT2D eigenvalue weighted by atomic mass is 10.2. The molecule has 1 amide bonds. The maximum absolute atomic E-state index is 14.1. The topological polar surface area (TPSA) is 74.5 Å². The van der Waals surface area contributed by atoms with Gasteiger partial charge in [0, 0.05) is 38.9 Å². The lowest BCUT2D eigenvalue weighted by Gasteiger charge is -2.34. The molecule has 2 heterocycles. The van der Waals surface area contributed by atoms with Gasteiger partial charge in [-0.2, -0.15) is 0 Å². The van der Waals surface area contributed by atoms with E-state index in [-0.39, 0.29) is 17.3 Å². The number of nitrogens with one attached hydrogen (secondary N) is 1. The van der Waals surface area contributed by atoms with E-state index in [2.05, 4.69) is 15.3 Å². The summed E-state index contributed by atoms with van der Waals surface area (Å²) in [7, 11) is 0. The first-order valence-corrected chi connectivity index (χ1v) is 7.32. The summed E-state index contributed by atoms with van der Waals surface area (Å²) in [5.41, 5.74) is 2.19. The van der Waals surface area contributed by atoms with Crippen LogP contribution in [0.25, 0.3) is 0 Å². The van der Waals surface area contributed by atoms with Crippen LogP contribution in [0.1, 0.15) is 23.2 Å². The number of hydrazine groups is 1. The van der Waals surface area contributed by atoms with Gasteiger partial charge in [0.15, 0.2) is 11.6 Å². The minimum atomic E-state index is -0.689. The molecule has 3 N–H and O–H groups in total. The first kappa shape index (κ1) is 14.2. The monoisotopic (exact) mass is 293 g/mol. The number of carbonyl (C=O) groups is 1. The maximum Gasteiger partial charge on any atom is 0.257 e. The molecule has 2 aliphatic rings. The fraction of sp³-hybridized carbons (Fsp3) is 0.571. The second-order valence-electron chi connectivity index (χ2n) is 5.70. The molecule has 114 valence electrons. The van der Waals surface area contributed by atoms with Gasteiger partial charge in [-0.05, 0) is 24.8 Å². The summed E-state index contributed by atoms with van der Waals surface area (Å²) in [5.74, 6) is 4.95.